The van der Waals surface area contributed by atoms with Gasteiger partial charge in [-0.25, -0.2) is 0 Å². The van der Waals surface area contributed by atoms with Crippen molar-refractivity contribution in [3.8, 4) is 0 Å². The highest BCUT2D eigenvalue weighted by molar-refractivity contribution is 5.88. The lowest BCUT2D eigenvalue weighted by atomic mass is 9.72. The van der Waals surface area contributed by atoms with Crippen molar-refractivity contribution in [1.82, 2.24) is 10.4 Å². The number of carbonyl (C=O) groups excluding carboxylic acids is 1. The third-order valence-electron chi connectivity index (χ3n) is 9.41. The molecule has 0 radical (unpaired) electrons. The molecule has 0 aromatic heterocycles. The number of rotatable bonds is 11. The van der Waals surface area contributed by atoms with Gasteiger partial charge in [0.25, 0.3) is 5.91 Å². The van der Waals surface area contributed by atoms with Gasteiger partial charge in [-0.05, 0) is 79.1 Å². The Hall–Kier alpha value is -0.910. The average molecular weight is 547 g/mol. The minimum absolute atomic E-state index is 0.111. The maximum Gasteiger partial charge on any atom is 0.254 e. The quantitative estimate of drug-likeness (QED) is 0.207. The summed E-state index contributed by atoms with van der Waals surface area (Å²) in [5.41, 5.74) is -1.92. The van der Waals surface area contributed by atoms with Crippen LogP contribution < -0.4 is 5.32 Å². The number of hydrogen-bond acceptors (Lipinski definition) is 4. The maximum atomic E-state index is 13.9. The first-order valence-corrected chi connectivity index (χ1v) is 16.7. The molecular weight excluding hydrogens is 484 g/mol. The monoisotopic (exact) mass is 546 g/mol. The van der Waals surface area contributed by atoms with Gasteiger partial charge in [-0.3, -0.25) is 9.63 Å². The highest BCUT2D eigenvalue weighted by Gasteiger charge is 2.63. The van der Waals surface area contributed by atoms with Gasteiger partial charge in [-0.2, -0.15) is 5.06 Å². The number of unbranched alkanes of at least 4 members (excludes halogenated alkanes) is 4. The van der Waals surface area contributed by atoms with E-state index in [1.165, 1.54) is 77.0 Å². The van der Waals surface area contributed by atoms with Crippen LogP contribution in [0.15, 0.2) is 12.7 Å². The van der Waals surface area contributed by atoms with Crippen LogP contribution in [0.1, 0.15) is 169 Å². The summed E-state index contributed by atoms with van der Waals surface area (Å²) < 4.78 is 7.08. The number of ether oxygens (including phenoxy) is 1. The molecule has 3 aliphatic rings. The summed E-state index contributed by atoms with van der Waals surface area (Å²) in [6.45, 7) is 15.1. The van der Waals surface area contributed by atoms with Crippen LogP contribution in [0.25, 0.3) is 0 Å². The average Bonchev–Trinajstić information content (AvgIpc) is 3.10. The van der Waals surface area contributed by atoms with Crippen molar-refractivity contribution < 1.29 is 14.4 Å². The Morgan fingerprint density at radius 2 is 1.41 bits per heavy atom. The molecule has 1 atom stereocenters. The minimum Gasteiger partial charge on any atom is -0.339 e. The van der Waals surface area contributed by atoms with Crippen molar-refractivity contribution in [2.45, 2.75) is 198 Å². The van der Waals surface area contributed by atoms with Crippen LogP contribution in [0.3, 0.4) is 0 Å². The highest BCUT2D eigenvalue weighted by atomic mass is 16.7. The van der Waals surface area contributed by atoms with E-state index < -0.39 is 11.3 Å². The molecule has 2 spiro atoms. The maximum absolute atomic E-state index is 13.9. The Bertz CT molecular complexity index is 732. The molecule has 0 aromatic rings. The summed E-state index contributed by atoms with van der Waals surface area (Å²) in [5.74, 6) is 0.111. The van der Waals surface area contributed by atoms with Crippen LogP contribution in [0.5, 0.6) is 0 Å². The molecule has 39 heavy (non-hydrogen) atoms. The Labute approximate surface area is 241 Å². The summed E-state index contributed by atoms with van der Waals surface area (Å²) in [6.07, 6.45) is 26.1. The standard InChI is InChI=1S/C34H62N2O3/c1-7-9-11-17-20-24-29(23-10-8-2)38-36-31(3,4)27-33(28-32(36,5)6)30(37)35-34(39-33)25-21-18-15-13-12-14-16-19-22-26-34/h7,29H,1,8-28H2,2-6H3,(H,35,37). The summed E-state index contributed by atoms with van der Waals surface area (Å²) in [4.78, 5) is 20.8. The number of hydroxylamine groups is 2. The topological polar surface area (TPSA) is 50.8 Å². The first-order valence-electron chi connectivity index (χ1n) is 16.7. The number of hydrogen-bond donors (Lipinski definition) is 1. The Morgan fingerprint density at radius 3 is 1.95 bits per heavy atom. The molecule has 0 bridgehead atoms. The second-order valence-electron chi connectivity index (χ2n) is 14.3. The van der Waals surface area contributed by atoms with Crippen molar-refractivity contribution in [3.63, 3.8) is 0 Å². The molecule has 1 amide bonds. The molecular formula is C34H62N2O3. The molecule has 1 N–H and O–H groups in total. The van der Waals surface area contributed by atoms with Crippen molar-refractivity contribution in [3.05, 3.63) is 12.7 Å². The smallest absolute Gasteiger partial charge is 0.254 e. The molecule has 0 aromatic carbocycles. The van der Waals surface area contributed by atoms with Gasteiger partial charge in [0.2, 0.25) is 0 Å². The van der Waals surface area contributed by atoms with Crippen LogP contribution in [-0.4, -0.2) is 39.5 Å². The van der Waals surface area contributed by atoms with Crippen LogP contribution in [0.2, 0.25) is 0 Å². The summed E-state index contributed by atoms with van der Waals surface area (Å²) in [7, 11) is 0. The minimum atomic E-state index is -0.784. The lowest BCUT2D eigenvalue weighted by Crippen LogP contribution is -2.67. The summed E-state index contributed by atoms with van der Waals surface area (Å²) >= 11 is 0. The molecule has 3 rings (SSSR count). The van der Waals surface area contributed by atoms with Gasteiger partial charge >= 0.3 is 0 Å². The van der Waals surface area contributed by atoms with E-state index in [1.54, 1.807) is 0 Å². The predicted octanol–water partition coefficient (Wildman–Crippen LogP) is 9.15. The number of nitrogens with zero attached hydrogens (tertiary/aromatic N) is 1. The fourth-order valence-corrected chi connectivity index (χ4v) is 7.79. The first-order chi connectivity index (χ1) is 18.6. The van der Waals surface area contributed by atoms with Crippen molar-refractivity contribution in [2.24, 2.45) is 0 Å². The number of nitrogens with one attached hydrogen (secondary N) is 1. The second kappa shape index (κ2) is 14.8. The number of amides is 1. The molecule has 5 heteroatoms. The van der Waals surface area contributed by atoms with E-state index in [-0.39, 0.29) is 23.1 Å². The SMILES string of the molecule is C=CCCCCCC(CCCC)ON1C(C)(C)CC2(CC1(C)C)OC1(CCCCCCCCCCC1)NC2=O. The zero-order valence-electron chi connectivity index (χ0n) is 26.4. The fraction of sp³-hybridized carbons (Fsp3) is 0.912. The molecule has 1 saturated carbocycles. The number of piperidine rings is 1. The Morgan fingerprint density at radius 1 is 0.872 bits per heavy atom. The van der Waals surface area contributed by atoms with Crippen molar-refractivity contribution >= 4 is 5.91 Å². The van der Waals surface area contributed by atoms with Gasteiger partial charge in [0, 0.05) is 23.9 Å². The van der Waals surface area contributed by atoms with Crippen LogP contribution in [0.4, 0.5) is 0 Å². The molecule has 1 aliphatic carbocycles. The van der Waals surface area contributed by atoms with Gasteiger partial charge in [-0.1, -0.05) is 83.6 Å². The van der Waals surface area contributed by atoms with E-state index in [9.17, 15) is 4.79 Å². The van der Waals surface area contributed by atoms with Crippen LogP contribution in [0, 0.1) is 0 Å². The zero-order valence-corrected chi connectivity index (χ0v) is 26.4. The van der Waals surface area contributed by atoms with Crippen LogP contribution >= 0.6 is 0 Å². The third kappa shape index (κ3) is 9.04. The van der Waals surface area contributed by atoms with E-state index in [4.69, 9.17) is 9.57 Å². The first kappa shape index (κ1) is 32.6. The highest BCUT2D eigenvalue weighted by Crippen LogP contribution is 2.51. The number of carbonyl (C=O) groups is 1. The van der Waals surface area contributed by atoms with Gasteiger partial charge in [0.05, 0.1) is 6.10 Å². The van der Waals surface area contributed by atoms with E-state index in [0.29, 0.717) is 12.8 Å². The lowest BCUT2D eigenvalue weighted by Gasteiger charge is -2.57. The Balaban J connectivity index is 1.73. The summed E-state index contributed by atoms with van der Waals surface area (Å²) in [6, 6.07) is 0. The van der Waals surface area contributed by atoms with Crippen molar-refractivity contribution in [2.75, 3.05) is 0 Å². The zero-order chi connectivity index (χ0) is 28.4. The van der Waals surface area contributed by atoms with Crippen LogP contribution in [-0.2, 0) is 14.4 Å². The fourth-order valence-electron chi connectivity index (χ4n) is 7.79. The number of allylic oxidation sites excluding steroid dienone is 1. The Kier molecular flexibility index (Phi) is 12.4. The largest absolute Gasteiger partial charge is 0.339 e. The molecule has 5 nitrogen and oxygen atoms in total. The van der Waals surface area contributed by atoms with E-state index in [0.717, 1.165) is 44.9 Å². The van der Waals surface area contributed by atoms with Gasteiger partial charge in [0.1, 0.15) is 5.72 Å². The molecule has 1 unspecified atom stereocenters. The second-order valence-corrected chi connectivity index (χ2v) is 14.3. The van der Waals surface area contributed by atoms with Gasteiger partial charge < -0.3 is 10.1 Å². The third-order valence-corrected chi connectivity index (χ3v) is 9.41. The molecule has 2 aliphatic heterocycles. The van der Waals surface area contributed by atoms with Gasteiger partial charge in [-0.15, -0.1) is 6.58 Å². The van der Waals surface area contributed by atoms with Crippen molar-refractivity contribution in [1.29, 1.82) is 0 Å². The van der Waals surface area contributed by atoms with E-state index in [1.807, 2.05) is 6.08 Å². The predicted molar refractivity (Wildman–Crippen MR) is 162 cm³/mol. The lowest BCUT2D eigenvalue weighted by molar-refractivity contribution is -0.329. The normalized spacial score (nSPS) is 26.0. The molecule has 2 saturated heterocycles. The van der Waals surface area contributed by atoms with Gasteiger partial charge in [0.15, 0.2) is 5.60 Å². The van der Waals surface area contributed by atoms with E-state index in [2.05, 4.69) is 51.6 Å². The molecule has 3 fully saturated rings. The molecule has 226 valence electrons. The summed E-state index contributed by atoms with van der Waals surface area (Å²) in [5, 5.41) is 5.72. The van der Waals surface area contributed by atoms with E-state index >= 15 is 0 Å². The molecule has 2 heterocycles.